The Morgan fingerprint density at radius 2 is 2.10 bits per heavy atom. The van der Waals surface area contributed by atoms with Crippen LogP contribution in [0.25, 0.3) is 0 Å². The first-order valence-electron chi connectivity index (χ1n) is 2.66. The van der Waals surface area contributed by atoms with Crippen LogP contribution in [0.15, 0.2) is 27.6 Å². The van der Waals surface area contributed by atoms with Crippen molar-refractivity contribution in [1.82, 2.24) is 0 Å². The molecule has 0 aliphatic heterocycles. The largest absolute Gasteiger partial charge is 0.398 e. The second-order valence-corrected chi connectivity index (χ2v) is 3.39. The van der Waals surface area contributed by atoms with Crippen molar-refractivity contribution >= 4 is 33.6 Å². The van der Waals surface area contributed by atoms with Crippen LogP contribution in [0.4, 0.5) is 5.69 Å². The Labute approximate surface area is 72.2 Å². The van der Waals surface area contributed by atoms with E-state index in [0.717, 1.165) is 27.0 Å². The summed E-state index contributed by atoms with van der Waals surface area (Å²) in [6.07, 6.45) is 0. The van der Waals surface area contributed by atoms with Crippen LogP contribution in [0.5, 0.6) is 0 Å². The molecule has 4 N–H and O–H groups in total. The van der Waals surface area contributed by atoms with Gasteiger partial charge in [-0.2, -0.15) is 0 Å². The molecule has 4 heteroatoms. The average molecular weight is 219 g/mol. The lowest BCUT2D eigenvalue weighted by atomic mass is 10.3. The van der Waals surface area contributed by atoms with E-state index in [1.807, 2.05) is 18.2 Å². The van der Waals surface area contributed by atoms with Crippen LogP contribution in [-0.2, 0) is 0 Å². The summed E-state index contributed by atoms with van der Waals surface area (Å²) in [4.78, 5) is 0.898. The van der Waals surface area contributed by atoms with Gasteiger partial charge in [0.2, 0.25) is 0 Å². The first-order chi connectivity index (χ1) is 4.74. The molecule has 0 heterocycles. The van der Waals surface area contributed by atoms with E-state index in [0.29, 0.717) is 0 Å². The summed E-state index contributed by atoms with van der Waals surface area (Å²) in [5, 5.41) is 5.34. The molecule has 1 aromatic rings. The molecule has 0 fully saturated rings. The van der Waals surface area contributed by atoms with Crippen molar-refractivity contribution in [3.63, 3.8) is 0 Å². The van der Waals surface area contributed by atoms with Gasteiger partial charge in [-0.1, -0.05) is 15.9 Å². The Morgan fingerprint density at radius 1 is 1.40 bits per heavy atom. The standard InChI is InChI=1S/C6H7BrN2S/c7-4-1-2-5(8)6(3-4)10-9/h1-3H,8-9H2. The SMILES string of the molecule is NSc1cc(Br)ccc1N. The zero-order valence-electron chi connectivity index (χ0n) is 5.17. The van der Waals surface area contributed by atoms with Gasteiger partial charge in [0.05, 0.1) is 0 Å². The van der Waals surface area contributed by atoms with Gasteiger partial charge in [-0.3, -0.25) is 5.14 Å². The van der Waals surface area contributed by atoms with E-state index in [4.69, 9.17) is 10.9 Å². The van der Waals surface area contributed by atoms with E-state index in [1.165, 1.54) is 0 Å². The minimum Gasteiger partial charge on any atom is -0.398 e. The van der Waals surface area contributed by atoms with Crippen molar-refractivity contribution in [2.24, 2.45) is 5.14 Å². The Morgan fingerprint density at radius 3 is 2.60 bits per heavy atom. The fourth-order valence-corrected chi connectivity index (χ4v) is 1.52. The highest BCUT2D eigenvalue weighted by atomic mass is 79.9. The molecule has 0 unspecified atom stereocenters. The van der Waals surface area contributed by atoms with Gasteiger partial charge in [-0.25, -0.2) is 0 Å². The molecule has 0 atom stereocenters. The molecule has 10 heavy (non-hydrogen) atoms. The zero-order chi connectivity index (χ0) is 7.56. The monoisotopic (exact) mass is 218 g/mol. The predicted octanol–water partition coefficient (Wildman–Crippen LogP) is 2.00. The summed E-state index contributed by atoms with van der Waals surface area (Å²) in [7, 11) is 0. The molecule has 0 bridgehead atoms. The number of rotatable bonds is 1. The van der Waals surface area contributed by atoms with Gasteiger partial charge in [-0.15, -0.1) is 0 Å². The summed E-state index contributed by atoms with van der Waals surface area (Å²) >= 11 is 4.47. The quantitative estimate of drug-likeness (QED) is 0.561. The van der Waals surface area contributed by atoms with Crippen LogP contribution in [-0.4, -0.2) is 0 Å². The lowest BCUT2D eigenvalue weighted by molar-refractivity contribution is 1.43. The minimum absolute atomic E-state index is 0.718. The van der Waals surface area contributed by atoms with Crippen LogP contribution in [0.3, 0.4) is 0 Å². The van der Waals surface area contributed by atoms with Crippen molar-refractivity contribution in [2.75, 3.05) is 5.73 Å². The van der Waals surface area contributed by atoms with Crippen molar-refractivity contribution in [1.29, 1.82) is 0 Å². The highest BCUT2D eigenvalue weighted by Crippen LogP contribution is 2.24. The molecule has 0 saturated heterocycles. The lowest BCUT2D eigenvalue weighted by Gasteiger charge is -2.00. The third-order valence-corrected chi connectivity index (χ3v) is 2.20. The molecule has 54 valence electrons. The summed E-state index contributed by atoms with van der Waals surface area (Å²) in [6, 6.07) is 5.59. The van der Waals surface area contributed by atoms with Gasteiger partial charge in [0, 0.05) is 15.1 Å². The van der Waals surface area contributed by atoms with Gasteiger partial charge in [0.25, 0.3) is 0 Å². The molecule has 0 amide bonds. The Hall–Kier alpha value is -0.190. The third-order valence-electron chi connectivity index (χ3n) is 1.10. The first-order valence-corrected chi connectivity index (χ1v) is 4.33. The average Bonchev–Trinajstić information content (AvgIpc) is 1.94. The smallest absolute Gasteiger partial charge is 0.0466 e. The fraction of sp³-hybridized carbons (Fsp3) is 0. The molecule has 0 aromatic heterocycles. The van der Waals surface area contributed by atoms with Crippen LogP contribution >= 0.6 is 27.9 Å². The maximum atomic E-state index is 5.58. The summed E-state index contributed by atoms with van der Waals surface area (Å²) < 4.78 is 0.995. The van der Waals surface area contributed by atoms with Crippen LogP contribution in [0, 0.1) is 0 Å². The van der Waals surface area contributed by atoms with Gasteiger partial charge >= 0.3 is 0 Å². The van der Waals surface area contributed by atoms with Crippen LogP contribution in [0.2, 0.25) is 0 Å². The van der Waals surface area contributed by atoms with Gasteiger partial charge in [0.15, 0.2) is 0 Å². The number of benzene rings is 1. The highest BCUT2D eigenvalue weighted by Gasteiger charge is 1.96. The number of hydrogen-bond acceptors (Lipinski definition) is 3. The normalized spacial score (nSPS) is 9.80. The second kappa shape index (κ2) is 3.27. The molecule has 1 aromatic carbocycles. The number of hydrogen-bond donors (Lipinski definition) is 2. The minimum atomic E-state index is 0.718. The number of nitrogens with two attached hydrogens (primary N) is 2. The Kier molecular flexibility index (Phi) is 2.59. The van der Waals surface area contributed by atoms with E-state index in [2.05, 4.69) is 15.9 Å². The molecular weight excluding hydrogens is 212 g/mol. The second-order valence-electron chi connectivity index (χ2n) is 1.80. The van der Waals surface area contributed by atoms with E-state index in [-0.39, 0.29) is 0 Å². The van der Waals surface area contributed by atoms with Crippen molar-refractivity contribution < 1.29 is 0 Å². The maximum absolute atomic E-state index is 5.58. The lowest BCUT2D eigenvalue weighted by Crippen LogP contribution is -1.89. The molecule has 0 saturated carbocycles. The molecule has 0 spiro atoms. The van der Waals surface area contributed by atoms with E-state index >= 15 is 0 Å². The van der Waals surface area contributed by atoms with Crippen molar-refractivity contribution in [3.05, 3.63) is 22.7 Å². The van der Waals surface area contributed by atoms with Crippen LogP contribution < -0.4 is 10.9 Å². The predicted molar refractivity (Wildman–Crippen MR) is 48.6 cm³/mol. The third kappa shape index (κ3) is 1.65. The van der Waals surface area contributed by atoms with E-state index in [9.17, 15) is 0 Å². The maximum Gasteiger partial charge on any atom is 0.0466 e. The molecule has 0 aliphatic carbocycles. The highest BCUT2D eigenvalue weighted by molar-refractivity contribution is 9.10. The van der Waals surface area contributed by atoms with Crippen molar-refractivity contribution in [3.8, 4) is 0 Å². The summed E-state index contributed by atoms with van der Waals surface area (Å²) in [5.41, 5.74) is 6.30. The van der Waals surface area contributed by atoms with Crippen LogP contribution in [0.1, 0.15) is 0 Å². The molecule has 0 aliphatic rings. The Bertz CT molecular complexity index is 239. The fourth-order valence-electron chi connectivity index (χ4n) is 0.610. The van der Waals surface area contributed by atoms with Gasteiger partial charge < -0.3 is 5.73 Å². The van der Waals surface area contributed by atoms with E-state index in [1.54, 1.807) is 0 Å². The van der Waals surface area contributed by atoms with Crippen molar-refractivity contribution in [2.45, 2.75) is 4.90 Å². The molecular formula is C6H7BrN2S. The van der Waals surface area contributed by atoms with Gasteiger partial charge in [-0.05, 0) is 30.1 Å². The number of nitrogen functional groups attached to an aromatic ring is 1. The summed E-state index contributed by atoms with van der Waals surface area (Å²) in [6.45, 7) is 0. The number of anilines is 1. The van der Waals surface area contributed by atoms with Gasteiger partial charge in [0.1, 0.15) is 0 Å². The molecule has 1 rings (SSSR count). The Balaban J connectivity index is 3.09. The molecule has 0 radical (unpaired) electrons. The summed E-state index contributed by atoms with van der Waals surface area (Å²) in [5.74, 6) is 0. The van der Waals surface area contributed by atoms with E-state index < -0.39 is 0 Å². The number of halogens is 1. The first kappa shape index (κ1) is 7.91. The zero-order valence-corrected chi connectivity index (χ0v) is 7.58. The molecule has 2 nitrogen and oxygen atoms in total. The topological polar surface area (TPSA) is 52.0 Å².